The highest BCUT2D eigenvalue weighted by Crippen LogP contribution is 2.43. The van der Waals surface area contributed by atoms with Crippen molar-refractivity contribution >= 4 is 13.8 Å². The normalized spacial score (nSPS) is 14.1. The largest absolute Gasteiger partial charge is 0.498 e. The van der Waals surface area contributed by atoms with E-state index >= 15 is 0 Å². The molecular weight excluding hydrogens is 697 g/mol. The van der Waals surface area contributed by atoms with Gasteiger partial charge < -0.3 is 20.1 Å². The lowest BCUT2D eigenvalue weighted by Crippen LogP contribution is -2.27. The monoisotopic (exact) mass is 778 g/mol. The highest BCUT2D eigenvalue weighted by Gasteiger charge is 2.25. The van der Waals surface area contributed by atoms with Gasteiger partial charge in [-0.3, -0.25) is 13.8 Å². The molecular formula is C45H80NO7P. The van der Waals surface area contributed by atoms with Crippen LogP contribution in [0.3, 0.4) is 0 Å². The molecule has 8 nitrogen and oxygen atoms in total. The Balaban J connectivity index is 4.18. The zero-order valence-corrected chi connectivity index (χ0v) is 35.3. The summed E-state index contributed by atoms with van der Waals surface area (Å²) in [6.07, 6.45) is 53.1. The first-order valence-corrected chi connectivity index (χ1v) is 23.0. The van der Waals surface area contributed by atoms with Crippen LogP contribution in [0, 0.1) is 0 Å². The quantitative estimate of drug-likeness (QED) is 0.0208. The topological polar surface area (TPSA) is 117 Å². The Morgan fingerprint density at radius 3 is 1.56 bits per heavy atom. The molecule has 0 aliphatic carbocycles. The minimum atomic E-state index is -4.31. The van der Waals surface area contributed by atoms with Crippen LogP contribution in [0.4, 0.5) is 0 Å². The van der Waals surface area contributed by atoms with Crippen LogP contribution in [0.5, 0.6) is 0 Å². The summed E-state index contributed by atoms with van der Waals surface area (Å²) in [6, 6.07) is 0. The van der Waals surface area contributed by atoms with Crippen LogP contribution in [-0.4, -0.2) is 43.3 Å². The number of carbonyl (C=O) groups is 1. The molecule has 0 aromatic heterocycles. The van der Waals surface area contributed by atoms with E-state index in [2.05, 4.69) is 74.6 Å². The van der Waals surface area contributed by atoms with Crippen molar-refractivity contribution in [3.63, 3.8) is 0 Å². The second-order valence-electron chi connectivity index (χ2n) is 13.9. The van der Waals surface area contributed by atoms with Gasteiger partial charge in [0.1, 0.15) is 6.61 Å². The lowest BCUT2D eigenvalue weighted by atomic mass is 10.0. The van der Waals surface area contributed by atoms with Crippen LogP contribution in [0.15, 0.2) is 73.1 Å². The number of esters is 1. The van der Waals surface area contributed by atoms with E-state index in [0.717, 1.165) is 51.4 Å². The SMILES string of the molecule is CC/C=C/C/C=C/C/C=C/C/C=C/C/C=C/CCCC(=O)O[C@H](CO/C=C/CCCCCCCCCCCCCCCCCC)COP(=O)(O)OCCN. The fraction of sp³-hybridized carbons (Fsp3) is 0.711. The molecule has 0 saturated carbocycles. The minimum Gasteiger partial charge on any atom is -0.498 e. The number of phosphoric acid groups is 1. The van der Waals surface area contributed by atoms with E-state index in [4.69, 9.17) is 24.3 Å². The van der Waals surface area contributed by atoms with E-state index in [9.17, 15) is 14.3 Å². The summed E-state index contributed by atoms with van der Waals surface area (Å²) in [5.41, 5.74) is 5.36. The van der Waals surface area contributed by atoms with Gasteiger partial charge in [-0.1, -0.05) is 171 Å². The number of allylic oxidation sites excluding steroid dienone is 11. The van der Waals surface area contributed by atoms with Crippen molar-refractivity contribution in [1.82, 2.24) is 0 Å². The molecule has 0 bridgehead atoms. The third-order valence-corrected chi connectivity index (χ3v) is 9.69. The first kappa shape index (κ1) is 51.8. The number of ether oxygens (including phenoxy) is 2. The molecule has 0 fully saturated rings. The Labute approximate surface area is 331 Å². The molecule has 0 spiro atoms. The average molecular weight is 778 g/mol. The summed E-state index contributed by atoms with van der Waals surface area (Å²) in [5.74, 6) is -0.410. The van der Waals surface area contributed by atoms with Gasteiger partial charge in [0.25, 0.3) is 0 Å². The molecule has 0 aromatic carbocycles. The van der Waals surface area contributed by atoms with Gasteiger partial charge in [-0.05, 0) is 63.9 Å². The number of rotatable bonds is 40. The molecule has 9 heteroatoms. The first-order valence-electron chi connectivity index (χ1n) is 21.5. The van der Waals surface area contributed by atoms with E-state index in [1.54, 1.807) is 6.26 Å². The molecule has 0 aromatic rings. The predicted molar refractivity (Wildman–Crippen MR) is 228 cm³/mol. The number of hydrogen-bond acceptors (Lipinski definition) is 7. The van der Waals surface area contributed by atoms with Crippen LogP contribution >= 0.6 is 7.82 Å². The van der Waals surface area contributed by atoms with E-state index in [1.165, 1.54) is 96.3 Å². The number of hydrogen-bond donors (Lipinski definition) is 2. The number of nitrogens with two attached hydrogens (primary N) is 1. The van der Waals surface area contributed by atoms with Crippen LogP contribution in [0.25, 0.3) is 0 Å². The van der Waals surface area contributed by atoms with Crippen molar-refractivity contribution in [3.05, 3.63) is 73.1 Å². The Morgan fingerprint density at radius 2 is 1.06 bits per heavy atom. The molecule has 0 aliphatic rings. The molecule has 0 amide bonds. The molecule has 312 valence electrons. The van der Waals surface area contributed by atoms with Crippen molar-refractivity contribution in [2.75, 3.05) is 26.4 Å². The highest BCUT2D eigenvalue weighted by molar-refractivity contribution is 7.47. The molecule has 0 rings (SSSR count). The van der Waals surface area contributed by atoms with Gasteiger partial charge in [0.2, 0.25) is 0 Å². The van der Waals surface area contributed by atoms with Gasteiger partial charge in [0, 0.05) is 13.0 Å². The van der Waals surface area contributed by atoms with Crippen LogP contribution in [-0.2, 0) is 27.9 Å². The average Bonchev–Trinajstić information content (AvgIpc) is 3.16. The molecule has 0 radical (unpaired) electrons. The summed E-state index contributed by atoms with van der Waals surface area (Å²) in [4.78, 5) is 22.4. The van der Waals surface area contributed by atoms with Gasteiger partial charge >= 0.3 is 13.8 Å². The molecule has 54 heavy (non-hydrogen) atoms. The Morgan fingerprint density at radius 1 is 0.593 bits per heavy atom. The highest BCUT2D eigenvalue weighted by atomic mass is 31.2. The summed E-state index contributed by atoms with van der Waals surface area (Å²) >= 11 is 0. The maximum absolute atomic E-state index is 12.5. The van der Waals surface area contributed by atoms with Crippen molar-refractivity contribution in [1.29, 1.82) is 0 Å². The fourth-order valence-corrected chi connectivity index (χ4v) is 6.35. The zero-order valence-electron chi connectivity index (χ0n) is 34.4. The molecule has 3 N–H and O–H groups in total. The molecule has 0 aliphatic heterocycles. The number of phosphoric ester groups is 1. The summed E-state index contributed by atoms with van der Waals surface area (Å²) in [7, 11) is -4.31. The fourth-order valence-electron chi connectivity index (χ4n) is 5.59. The van der Waals surface area contributed by atoms with Gasteiger partial charge in [-0.25, -0.2) is 4.57 Å². The standard InChI is InChI=1S/C45H80NO7P/c1-3-5-7-9-11-13-15-17-19-21-23-25-27-29-31-33-35-37-40-50-42-44(43-52-54(48,49)51-41-39-46)53-45(47)38-36-34-32-30-28-26-24-22-20-18-16-14-12-10-8-6-4-2/h6,8,12,14,18,20,24,26,30,32,37,40,44H,3-5,7,9-11,13,15-17,19,21-23,25,27-29,31,33-36,38-39,41-43,46H2,1-2H3,(H,48,49)/b8-6+,14-12+,20-18+,26-24+,32-30+,40-37+/t44-/m1/s1. The zero-order chi connectivity index (χ0) is 39.5. The second kappa shape index (κ2) is 41.9. The van der Waals surface area contributed by atoms with Crippen LogP contribution in [0.2, 0.25) is 0 Å². The lowest BCUT2D eigenvalue weighted by molar-refractivity contribution is -0.153. The number of unbranched alkanes of at least 4 members (excludes halogenated alkanes) is 17. The molecule has 1 unspecified atom stereocenters. The van der Waals surface area contributed by atoms with E-state index in [0.29, 0.717) is 6.42 Å². The van der Waals surface area contributed by atoms with Crippen molar-refractivity contribution in [2.24, 2.45) is 5.73 Å². The third kappa shape index (κ3) is 41.0. The van der Waals surface area contributed by atoms with Gasteiger partial charge in [0.15, 0.2) is 6.10 Å². The Kier molecular flexibility index (Phi) is 40.2. The lowest BCUT2D eigenvalue weighted by Gasteiger charge is -2.19. The van der Waals surface area contributed by atoms with Crippen LogP contribution < -0.4 is 5.73 Å². The third-order valence-electron chi connectivity index (χ3n) is 8.70. The van der Waals surface area contributed by atoms with Crippen molar-refractivity contribution in [3.8, 4) is 0 Å². The minimum absolute atomic E-state index is 0.00680. The Hall–Kier alpha value is -2.22. The second-order valence-corrected chi connectivity index (χ2v) is 15.3. The smallest absolute Gasteiger partial charge is 0.472 e. The van der Waals surface area contributed by atoms with Gasteiger partial charge in [-0.2, -0.15) is 0 Å². The summed E-state index contributed by atoms with van der Waals surface area (Å²) in [6.45, 7) is 4.06. The van der Waals surface area contributed by atoms with Gasteiger partial charge in [-0.15, -0.1) is 0 Å². The first-order chi connectivity index (χ1) is 26.4. The molecule has 0 saturated heterocycles. The van der Waals surface area contributed by atoms with E-state index < -0.39 is 19.9 Å². The predicted octanol–water partition coefficient (Wildman–Crippen LogP) is 13.1. The summed E-state index contributed by atoms with van der Waals surface area (Å²) in [5, 5.41) is 0. The molecule has 2 atom stereocenters. The van der Waals surface area contributed by atoms with E-state index in [1.807, 2.05) is 6.08 Å². The van der Waals surface area contributed by atoms with Gasteiger partial charge in [0.05, 0.1) is 19.5 Å². The summed E-state index contributed by atoms with van der Waals surface area (Å²) < 4.78 is 33.1. The van der Waals surface area contributed by atoms with Crippen molar-refractivity contribution in [2.45, 2.75) is 180 Å². The molecule has 0 heterocycles. The van der Waals surface area contributed by atoms with Crippen LogP contribution in [0.1, 0.15) is 174 Å². The maximum atomic E-state index is 12.5. The maximum Gasteiger partial charge on any atom is 0.472 e. The number of carbonyl (C=O) groups excluding carboxylic acids is 1. The van der Waals surface area contributed by atoms with Crippen molar-refractivity contribution < 1.29 is 32.8 Å². The van der Waals surface area contributed by atoms with E-state index in [-0.39, 0.29) is 32.8 Å². The Bertz CT molecular complexity index is 1050.